The molecule has 192 valence electrons. The molecule has 2 aliphatic heterocycles. The summed E-state index contributed by atoms with van der Waals surface area (Å²) in [4.78, 5) is 36.9. The van der Waals surface area contributed by atoms with Gasteiger partial charge in [0.25, 0.3) is 0 Å². The maximum absolute atomic E-state index is 12.0. The third kappa shape index (κ3) is 4.85. The molecule has 0 spiro atoms. The smallest absolute Gasteiger partial charge is 0.320 e. The molecule has 6 atom stereocenters. The first kappa shape index (κ1) is 24.8. The van der Waals surface area contributed by atoms with E-state index in [0.717, 1.165) is 5.56 Å². The van der Waals surface area contributed by atoms with Gasteiger partial charge < -0.3 is 33.5 Å². The number of hydrogen-bond acceptors (Lipinski definition) is 10. The number of benzene rings is 1. The van der Waals surface area contributed by atoms with Gasteiger partial charge in [0.1, 0.15) is 32.2 Å². The predicted octanol–water partition coefficient (Wildman–Crippen LogP) is 1.94. The summed E-state index contributed by atoms with van der Waals surface area (Å²) in [5, 5.41) is 5.30. The Bertz CT molecular complexity index is 1270. The van der Waals surface area contributed by atoms with E-state index < -0.39 is 44.5 Å². The molecule has 14 heteroatoms. The van der Waals surface area contributed by atoms with Crippen molar-refractivity contribution in [2.45, 2.75) is 44.7 Å². The molecule has 2 saturated heterocycles. The van der Waals surface area contributed by atoms with Crippen LogP contribution in [0.15, 0.2) is 43.0 Å². The van der Waals surface area contributed by atoms with Crippen molar-refractivity contribution in [3.8, 4) is 0 Å². The van der Waals surface area contributed by atoms with Crippen molar-refractivity contribution in [2.75, 3.05) is 24.6 Å². The Balaban J connectivity index is 1.45. The highest BCUT2D eigenvalue weighted by Gasteiger charge is 2.54. The van der Waals surface area contributed by atoms with Crippen molar-refractivity contribution in [3.63, 3.8) is 0 Å². The van der Waals surface area contributed by atoms with E-state index in [1.165, 1.54) is 19.6 Å². The van der Waals surface area contributed by atoms with Crippen LogP contribution in [-0.4, -0.2) is 63.2 Å². The van der Waals surface area contributed by atoms with Crippen LogP contribution < -0.4 is 15.5 Å². The van der Waals surface area contributed by atoms with Gasteiger partial charge in [-0.2, -0.15) is 0 Å². The molecule has 0 bridgehead atoms. The van der Waals surface area contributed by atoms with Crippen LogP contribution >= 0.6 is 7.60 Å². The molecule has 3 aromatic rings. The van der Waals surface area contributed by atoms with Crippen LogP contribution in [0.1, 0.15) is 31.9 Å². The van der Waals surface area contributed by atoms with Crippen molar-refractivity contribution in [2.24, 2.45) is 0 Å². The fraction of sp³-hybridized carbons (Fsp3) is 0.455. The third-order valence-electron chi connectivity index (χ3n) is 5.94. The molecule has 5 rings (SSSR count). The lowest BCUT2D eigenvalue weighted by atomic mass is 10.1. The maximum atomic E-state index is 12.0. The molecule has 4 heterocycles. The number of hydrogen-bond donors (Lipinski definition) is 2. The lowest BCUT2D eigenvalue weighted by Crippen LogP contribution is -2.32. The van der Waals surface area contributed by atoms with Gasteiger partial charge in [0.15, 0.2) is 29.5 Å². The van der Waals surface area contributed by atoms with Gasteiger partial charge in [0.2, 0.25) is 0 Å². The van der Waals surface area contributed by atoms with Crippen molar-refractivity contribution >= 4 is 30.6 Å². The van der Waals surface area contributed by atoms with E-state index in [1.807, 2.05) is 30.3 Å². The van der Waals surface area contributed by atoms with Crippen LogP contribution in [0.4, 0.5) is 10.6 Å². The zero-order chi connectivity index (χ0) is 25.3. The Kier molecular flexibility index (Phi) is 7.02. The Morgan fingerprint density at radius 2 is 1.92 bits per heavy atom. The number of imidazole rings is 1. The summed E-state index contributed by atoms with van der Waals surface area (Å²) in [6, 6.07) is 9.00. The number of anilines is 1. The lowest BCUT2D eigenvalue weighted by Gasteiger charge is -2.25. The molecular weight excluding hydrogens is 491 g/mol. The summed E-state index contributed by atoms with van der Waals surface area (Å²) in [6.45, 7) is 3.55. The van der Waals surface area contributed by atoms with E-state index in [1.54, 1.807) is 11.5 Å². The lowest BCUT2D eigenvalue weighted by molar-refractivity contribution is -0.203. The largest absolute Gasteiger partial charge is 0.779 e. The number of carbonyl (C=O) groups excluding carboxylic acids is 1. The first-order chi connectivity index (χ1) is 17.4. The minimum Gasteiger partial charge on any atom is -0.779 e. The first-order valence-corrected chi connectivity index (χ1v) is 13.3. The summed E-state index contributed by atoms with van der Waals surface area (Å²) in [6.07, 6.45) is -0.671. The Hall–Kier alpha value is -2.93. The van der Waals surface area contributed by atoms with Crippen LogP contribution in [0.2, 0.25) is 0 Å². The number of ether oxygens (including phenoxy) is 3. The molecule has 0 aliphatic carbocycles. The molecular formula is C22H26N6O7P-. The number of rotatable bonds is 8. The summed E-state index contributed by atoms with van der Waals surface area (Å²) in [5.74, 6) is 0.236. The number of aromatic nitrogens is 4. The van der Waals surface area contributed by atoms with Gasteiger partial charge in [-0.3, -0.25) is 9.88 Å². The summed E-state index contributed by atoms with van der Waals surface area (Å²) in [5.41, 5.74) is 1.58. The molecule has 2 aromatic heterocycles. The summed E-state index contributed by atoms with van der Waals surface area (Å²) in [7, 11) is -3.99. The molecule has 2 amide bonds. The van der Waals surface area contributed by atoms with Gasteiger partial charge in [-0.15, -0.1) is 0 Å². The predicted molar refractivity (Wildman–Crippen MR) is 125 cm³/mol. The van der Waals surface area contributed by atoms with Crippen molar-refractivity contribution in [3.05, 3.63) is 48.5 Å². The molecule has 1 aromatic carbocycles. The number of fused-ring (bicyclic) bond motifs is 2. The highest BCUT2D eigenvalue weighted by atomic mass is 31.2. The fourth-order valence-electron chi connectivity index (χ4n) is 4.18. The monoisotopic (exact) mass is 517 g/mol. The van der Waals surface area contributed by atoms with Gasteiger partial charge in [-0.1, -0.05) is 37.3 Å². The van der Waals surface area contributed by atoms with E-state index in [9.17, 15) is 14.3 Å². The molecule has 2 N–H and O–H groups in total. The summed E-state index contributed by atoms with van der Waals surface area (Å²) < 4.78 is 37.5. The second-order valence-electron chi connectivity index (χ2n) is 8.26. The number of nitrogens with zero attached hydrogens (tertiary/aromatic N) is 4. The average molecular weight is 517 g/mol. The average Bonchev–Trinajstić information content (AvgIpc) is 3.58. The normalized spacial score (nSPS) is 27.0. The number of carbonyl (C=O) groups is 1. The Morgan fingerprint density at radius 1 is 1.14 bits per heavy atom. The molecule has 0 saturated carbocycles. The van der Waals surface area contributed by atoms with E-state index in [-0.39, 0.29) is 18.6 Å². The van der Waals surface area contributed by atoms with E-state index in [4.69, 9.17) is 18.7 Å². The Morgan fingerprint density at radius 3 is 2.67 bits per heavy atom. The second-order valence-corrected chi connectivity index (χ2v) is 10.4. The highest BCUT2D eigenvalue weighted by Crippen LogP contribution is 2.46. The summed E-state index contributed by atoms with van der Waals surface area (Å²) >= 11 is 0. The number of amides is 2. The van der Waals surface area contributed by atoms with Crippen LogP contribution in [0.3, 0.4) is 0 Å². The topological polar surface area (TPSA) is 162 Å². The molecule has 1 unspecified atom stereocenters. The van der Waals surface area contributed by atoms with Gasteiger partial charge in [0.05, 0.1) is 12.9 Å². The number of nitrogens with one attached hydrogen (secondary N) is 2. The van der Waals surface area contributed by atoms with E-state index in [0.29, 0.717) is 17.7 Å². The standard InChI is InChI=1S/C22H27N6O7P/c1-3-23-22(29)27-18-15-19(25-11-24-18)28(12-26-15)20-17-16(14(33-20)10-32-36(30,31)4-2)34-21(35-17)13-8-6-5-7-9-13/h5-9,11-12,14,16-17,20-21H,3-4,10H2,1-2H3,(H,30,31)(H2,23,24,25,27,29)/p-1/t14-,16+,17+,20-,21-/m1/s1. The van der Waals surface area contributed by atoms with Gasteiger partial charge in [-0.25, -0.2) is 19.7 Å². The maximum Gasteiger partial charge on any atom is 0.320 e. The van der Waals surface area contributed by atoms with Crippen molar-refractivity contribution in [1.82, 2.24) is 24.8 Å². The van der Waals surface area contributed by atoms with E-state index >= 15 is 0 Å². The van der Waals surface area contributed by atoms with Crippen molar-refractivity contribution < 1.29 is 33.0 Å². The first-order valence-electron chi connectivity index (χ1n) is 11.6. The van der Waals surface area contributed by atoms with Gasteiger partial charge in [0, 0.05) is 18.3 Å². The zero-order valence-corrected chi connectivity index (χ0v) is 20.5. The quantitative estimate of drug-likeness (QED) is 0.422. The molecule has 0 radical (unpaired) electrons. The zero-order valence-electron chi connectivity index (χ0n) is 19.6. The van der Waals surface area contributed by atoms with Crippen LogP contribution in [-0.2, 0) is 23.3 Å². The van der Waals surface area contributed by atoms with E-state index in [2.05, 4.69) is 25.6 Å². The van der Waals surface area contributed by atoms with Crippen LogP contribution in [0, 0.1) is 0 Å². The molecule has 13 nitrogen and oxygen atoms in total. The van der Waals surface area contributed by atoms with Crippen molar-refractivity contribution in [1.29, 1.82) is 0 Å². The number of urea groups is 1. The third-order valence-corrected chi connectivity index (χ3v) is 7.26. The van der Waals surface area contributed by atoms with Crippen LogP contribution in [0.5, 0.6) is 0 Å². The second kappa shape index (κ2) is 10.2. The Labute approximate surface area is 206 Å². The van der Waals surface area contributed by atoms with Gasteiger partial charge >= 0.3 is 6.03 Å². The van der Waals surface area contributed by atoms with Crippen LogP contribution in [0.25, 0.3) is 11.2 Å². The SMILES string of the molecule is CCNC(=O)Nc1ncnc2c1ncn2[C@@H]1O[C@H](COP(=O)([O-])CC)[C@@H]2O[C@@H](c3ccccc3)O[C@@H]21. The highest BCUT2D eigenvalue weighted by molar-refractivity contribution is 7.51. The molecule has 2 aliphatic rings. The molecule has 2 fully saturated rings. The fourth-order valence-corrected chi connectivity index (χ4v) is 4.74. The molecule has 36 heavy (non-hydrogen) atoms. The minimum atomic E-state index is -3.99. The minimum absolute atomic E-state index is 0.133. The van der Waals surface area contributed by atoms with Gasteiger partial charge in [-0.05, 0) is 6.92 Å².